The summed E-state index contributed by atoms with van der Waals surface area (Å²) in [6.45, 7) is 6.78. The van der Waals surface area contributed by atoms with Crippen molar-refractivity contribution in [2.75, 3.05) is 13.1 Å². The normalized spacial score (nSPS) is 11.5. The average Bonchev–Trinajstić information content (AvgIpc) is 2.47. The summed E-state index contributed by atoms with van der Waals surface area (Å²) in [6, 6.07) is 0. The van der Waals surface area contributed by atoms with Crippen molar-refractivity contribution in [1.29, 1.82) is 0 Å². The molecular formula is C19H39N. The third-order valence-electron chi connectivity index (χ3n) is 3.87. The second-order valence-corrected chi connectivity index (χ2v) is 5.94. The molecule has 0 fully saturated rings. The predicted molar refractivity (Wildman–Crippen MR) is 93.4 cm³/mol. The first-order valence-electron chi connectivity index (χ1n) is 9.27. The maximum Gasteiger partial charge on any atom is -0.00490 e. The molecule has 1 N–H and O–H groups in total. The molecule has 0 aromatic carbocycles. The van der Waals surface area contributed by atoms with Gasteiger partial charge in [0.05, 0.1) is 0 Å². The Morgan fingerprint density at radius 1 is 0.600 bits per heavy atom. The van der Waals surface area contributed by atoms with Crippen molar-refractivity contribution in [3.63, 3.8) is 0 Å². The molecule has 1 heteroatoms. The summed E-state index contributed by atoms with van der Waals surface area (Å²) in [4.78, 5) is 0. The SMILES string of the molecule is CCCCCC/C=C/CCCCCCCCCNCC. The molecule has 0 atom stereocenters. The fraction of sp³-hybridized carbons (Fsp3) is 0.895. The smallest absolute Gasteiger partial charge is 0.00490 e. The molecule has 0 spiro atoms. The van der Waals surface area contributed by atoms with Crippen molar-refractivity contribution in [2.45, 2.75) is 97.3 Å². The monoisotopic (exact) mass is 281 g/mol. The van der Waals surface area contributed by atoms with Crippen molar-refractivity contribution in [3.05, 3.63) is 12.2 Å². The molecule has 0 radical (unpaired) electrons. The van der Waals surface area contributed by atoms with E-state index in [9.17, 15) is 0 Å². The highest BCUT2D eigenvalue weighted by atomic mass is 14.8. The predicted octanol–water partition coefficient (Wildman–Crippen LogP) is 6.24. The molecule has 0 bridgehead atoms. The van der Waals surface area contributed by atoms with E-state index < -0.39 is 0 Å². The van der Waals surface area contributed by atoms with Gasteiger partial charge in [-0.3, -0.25) is 0 Å². The van der Waals surface area contributed by atoms with Crippen molar-refractivity contribution < 1.29 is 0 Å². The third kappa shape index (κ3) is 17.7. The number of nitrogens with one attached hydrogen (secondary N) is 1. The fourth-order valence-corrected chi connectivity index (χ4v) is 2.50. The topological polar surface area (TPSA) is 12.0 Å². The van der Waals surface area contributed by atoms with Crippen LogP contribution in [0.25, 0.3) is 0 Å². The Morgan fingerprint density at radius 2 is 1.10 bits per heavy atom. The molecule has 0 rings (SSSR count). The van der Waals surface area contributed by atoms with Gasteiger partial charge >= 0.3 is 0 Å². The van der Waals surface area contributed by atoms with Gasteiger partial charge in [-0.15, -0.1) is 0 Å². The van der Waals surface area contributed by atoms with Crippen LogP contribution in [-0.2, 0) is 0 Å². The van der Waals surface area contributed by atoms with Gasteiger partial charge in [0.15, 0.2) is 0 Å². The minimum absolute atomic E-state index is 1.12. The standard InChI is InChI=1S/C19H39N/c1-3-5-6-7-8-9-10-11-12-13-14-15-16-17-18-19-20-4-2/h9-10,20H,3-8,11-19H2,1-2H3/b10-9+. The van der Waals surface area contributed by atoms with E-state index >= 15 is 0 Å². The van der Waals surface area contributed by atoms with Crippen molar-refractivity contribution in [1.82, 2.24) is 5.32 Å². The quantitative estimate of drug-likeness (QED) is 0.261. The summed E-state index contributed by atoms with van der Waals surface area (Å²) in [5.74, 6) is 0. The van der Waals surface area contributed by atoms with E-state index in [0.717, 1.165) is 6.54 Å². The minimum atomic E-state index is 1.12. The van der Waals surface area contributed by atoms with Gasteiger partial charge in [-0.25, -0.2) is 0 Å². The van der Waals surface area contributed by atoms with Crippen LogP contribution in [0.3, 0.4) is 0 Å². The van der Waals surface area contributed by atoms with Crippen molar-refractivity contribution >= 4 is 0 Å². The van der Waals surface area contributed by atoms with Gasteiger partial charge in [-0.05, 0) is 45.2 Å². The van der Waals surface area contributed by atoms with Gasteiger partial charge in [0, 0.05) is 0 Å². The lowest BCUT2D eigenvalue weighted by atomic mass is 10.1. The summed E-state index contributed by atoms with van der Waals surface area (Å²) >= 11 is 0. The highest BCUT2D eigenvalue weighted by Crippen LogP contribution is 2.09. The van der Waals surface area contributed by atoms with Crippen LogP contribution in [0.2, 0.25) is 0 Å². The molecule has 0 aromatic heterocycles. The molecular weight excluding hydrogens is 242 g/mol. The lowest BCUT2D eigenvalue weighted by molar-refractivity contribution is 0.563. The molecule has 120 valence electrons. The van der Waals surface area contributed by atoms with E-state index in [1.807, 2.05) is 0 Å². The zero-order valence-electron chi connectivity index (χ0n) is 14.3. The summed E-state index contributed by atoms with van der Waals surface area (Å²) < 4.78 is 0. The van der Waals surface area contributed by atoms with Gasteiger partial charge in [0.2, 0.25) is 0 Å². The van der Waals surface area contributed by atoms with Gasteiger partial charge in [0.25, 0.3) is 0 Å². The van der Waals surface area contributed by atoms with E-state index in [4.69, 9.17) is 0 Å². The summed E-state index contributed by atoms with van der Waals surface area (Å²) in [6.07, 6.45) is 22.8. The van der Waals surface area contributed by atoms with E-state index in [0.29, 0.717) is 0 Å². The van der Waals surface area contributed by atoms with Crippen molar-refractivity contribution in [3.8, 4) is 0 Å². The first kappa shape index (κ1) is 19.7. The van der Waals surface area contributed by atoms with Crippen LogP contribution in [0.5, 0.6) is 0 Å². The summed E-state index contributed by atoms with van der Waals surface area (Å²) in [5.41, 5.74) is 0. The Labute approximate surface area is 128 Å². The summed E-state index contributed by atoms with van der Waals surface area (Å²) in [7, 11) is 0. The van der Waals surface area contributed by atoms with Crippen LogP contribution in [0.15, 0.2) is 12.2 Å². The number of unbranched alkanes of at least 4 members (excludes halogenated alkanes) is 11. The fourth-order valence-electron chi connectivity index (χ4n) is 2.50. The van der Waals surface area contributed by atoms with E-state index in [1.54, 1.807) is 0 Å². The highest BCUT2D eigenvalue weighted by Gasteiger charge is 1.91. The van der Waals surface area contributed by atoms with Gasteiger partial charge in [0.1, 0.15) is 0 Å². The van der Waals surface area contributed by atoms with E-state index in [-0.39, 0.29) is 0 Å². The lowest BCUT2D eigenvalue weighted by Crippen LogP contribution is -2.13. The molecule has 0 aromatic rings. The molecule has 0 saturated carbocycles. The maximum absolute atomic E-state index is 3.39. The van der Waals surface area contributed by atoms with E-state index in [1.165, 1.54) is 90.0 Å². The Balaban J connectivity index is 3.00. The first-order valence-corrected chi connectivity index (χ1v) is 9.27. The van der Waals surface area contributed by atoms with E-state index in [2.05, 4.69) is 31.3 Å². The Morgan fingerprint density at radius 3 is 1.65 bits per heavy atom. The maximum atomic E-state index is 3.39. The number of hydrogen-bond acceptors (Lipinski definition) is 1. The molecule has 0 aliphatic heterocycles. The Hall–Kier alpha value is -0.300. The summed E-state index contributed by atoms with van der Waals surface area (Å²) in [5, 5.41) is 3.39. The number of rotatable bonds is 16. The van der Waals surface area contributed by atoms with Crippen LogP contribution in [0.1, 0.15) is 97.3 Å². The van der Waals surface area contributed by atoms with Crippen LogP contribution in [-0.4, -0.2) is 13.1 Å². The second-order valence-electron chi connectivity index (χ2n) is 5.94. The van der Waals surface area contributed by atoms with Gasteiger partial charge < -0.3 is 5.32 Å². The Bertz CT molecular complexity index is 186. The van der Waals surface area contributed by atoms with Crippen LogP contribution in [0.4, 0.5) is 0 Å². The molecule has 0 aliphatic rings. The van der Waals surface area contributed by atoms with Crippen LogP contribution in [0, 0.1) is 0 Å². The number of allylic oxidation sites excluding steroid dienone is 2. The molecule has 1 nitrogen and oxygen atoms in total. The lowest BCUT2D eigenvalue weighted by Gasteiger charge is -2.02. The van der Waals surface area contributed by atoms with Crippen molar-refractivity contribution in [2.24, 2.45) is 0 Å². The van der Waals surface area contributed by atoms with Gasteiger partial charge in [-0.1, -0.05) is 77.4 Å². The second kappa shape index (κ2) is 18.7. The molecule has 20 heavy (non-hydrogen) atoms. The molecule has 0 aliphatic carbocycles. The molecule has 0 heterocycles. The highest BCUT2D eigenvalue weighted by molar-refractivity contribution is 4.81. The molecule has 0 amide bonds. The van der Waals surface area contributed by atoms with Gasteiger partial charge in [-0.2, -0.15) is 0 Å². The third-order valence-corrected chi connectivity index (χ3v) is 3.87. The zero-order chi connectivity index (χ0) is 14.7. The average molecular weight is 282 g/mol. The molecule has 0 saturated heterocycles. The zero-order valence-corrected chi connectivity index (χ0v) is 14.3. The van der Waals surface area contributed by atoms with Crippen LogP contribution < -0.4 is 5.32 Å². The number of hydrogen-bond donors (Lipinski definition) is 1. The largest absolute Gasteiger partial charge is 0.317 e. The Kier molecular flexibility index (Phi) is 18.4. The van der Waals surface area contributed by atoms with Crippen LogP contribution >= 0.6 is 0 Å². The minimum Gasteiger partial charge on any atom is -0.317 e. The molecule has 0 unspecified atom stereocenters. The first-order chi connectivity index (χ1) is 9.91.